The zero-order valence-electron chi connectivity index (χ0n) is 20.1. The van der Waals surface area contributed by atoms with Crippen LogP contribution in [0.15, 0.2) is 18.2 Å². The first-order chi connectivity index (χ1) is 15.6. The summed E-state index contributed by atoms with van der Waals surface area (Å²) in [6.07, 6.45) is 3.32. The fraction of sp³-hybridized carbons (Fsp3) is 0.600. The molecule has 0 spiro atoms. The van der Waals surface area contributed by atoms with Crippen molar-refractivity contribution in [3.63, 3.8) is 0 Å². The van der Waals surface area contributed by atoms with Gasteiger partial charge in [-0.15, -0.1) is 0 Å². The number of halogens is 2. The number of rotatable bonds is 5. The lowest BCUT2D eigenvalue weighted by Gasteiger charge is -2.34. The Labute approximate surface area is 201 Å². The first kappa shape index (κ1) is 24.2. The molecule has 8 heteroatoms. The van der Waals surface area contributed by atoms with Crippen molar-refractivity contribution < 1.29 is 9.18 Å². The fourth-order valence-electron chi connectivity index (χ4n) is 4.76. The monoisotopic (exact) mass is 475 g/mol. The van der Waals surface area contributed by atoms with Gasteiger partial charge in [-0.3, -0.25) is 4.79 Å². The van der Waals surface area contributed by atoms with E-state index in [0.717, 1.165) is 38.3 Å². The highest BCUT2D eigenvalue weighted by Gasteiger charge is 2.32. The molecule has 2 aliphatic rings. The van der Waals surface area contributed by atoms with Gasteiger partial charge in [0.2, 0.25) is 0 Å². The van der Waals surface area contributed by atoms with E-state index in [1.54, 1.807) is 6.07 Å². The standard InChI is InChI=1S/C25H35ClFN5O/c1-25(2,3)21(16-31-11-5-6-12-31)28-24(33)22-20-15-30(4)10-7-13-32(20)23(29-22)18-14-17(26)8-9-19(18)27/h8-9,14,21H,5-7,10-13,15-16H2,1-4H3,(H,28,33). The highest BCUT2D eigenvalue weighted by Crippen LogP contribution is 2.30. The predicted octanol–water partition coefficient (Wildman–Crippen LogP) is 4.42. The number of benzene rings is 1. The maximum atomic E-state index is 14.8. The molecule has 180 valence electrons. The molecule has 1 N–H and O–H groups in total. The van der Waals surface area contributed by atoms with Crippen molar-refractivity contribution in [3.05, 3.63) is 40.4 Å². The Balaban J connectivity index is 1.70. The minimum absolute atomic E-state index is 0.0182. The molecule has 0 saturated carbocycles. The number of hydrogen-bond acceptors (Lipinski definition) is 4. The molecule has 1 aromatic heterocycles. The summed E-state index contributed by atoms with van der Waals surface area (Å²) < 4.78 is 16.8. The molecule has 1 saturated heterocycles. The van der Waals surface area contributed by atoms with E-state index in [1.165, 1.54) is 25.0 Å². The van der Waals surface area contributed by atoms with Gasteiger partial charge >= 0.3 is 0 Å². The zero-order chi connectivity index (χ0) is 23.8. The second-order valence-electron chi connectivity index (χ2n) is 10.5. The summed E-state index contributed by atoms with van der Waals surface area (Å²) in [6, 6.07) is 4.46. The lowest BCUT2D eigenvalue weighted by molar-refractivity contribution is 0.0872. The van der Waals surface area contributed by atoms with Crippen molar-refractivity contribution in [2.45, 2.75) is 59.2 Å². The van der Waals surface area contributed by atoms with E-state index in [1.807, 2.05) is 11.6 Å². The molecule has 0 aliphatic carbocycles. The molecule has 2 aliphatic heterocycles. The molecule has 0 bridgehead atoms. The summed E-state index contributed by atoms with van der Waals surface area (Å²) in [5.41, 5.74) is 1.44. The third kappa shape index (κ3) is 5.42. The molecule has 1 aromatic carbocycles. The van der Waals surface area contributed by atoms with Crippen LogP contribution in [-0.4, -0.2) is 64.5 Å². The summed E-state index contributed by atoms with van der Waals surface area (Å²) in [5, 5.41) is 3.72. The number of fused-ring (bicyclic) bond motifs is 1. The second-order valence-corrected chi connectivity index (χ2v) is 10.9. The van der Waals surface area contributed by atoms with Crippen LogP contribution in [0.2, 0.25) is 5.02 Å². The van der Waals surface area contributed by atoms with E-state index in [2.05, 4.69) is 35.9 Å². The molecule has 1 fully saturated rings. The maximum Gasteiger partial charge on any atom is 0.272 e. The van der Waals surface area contributed by atoms with Crippen LogP contribution in [0.5, 0.6) is 0 Å². The number of aromatic nitrogens is 2. The van der Waals surface area contributed by atoms with Gasteiger partial charge in [-0.1, -0.05) is 32.4 Å². The van der Waals surface area contributed by atoms with Gasteiger partial charge in [-0.05, 0) is 69.6 Å². The van der Waals surface area contributed by atoms with E-state index >= 15 is 0 Å². The molecule has 6 nitrogen and oxygen atoms in total. The Morgan fingerprint density at radius 2 is 1.91 bits per heavy atom. The van der Waals surface area contributed by atoms with Crippen molar-refractivity contribution in [1.82, 2.24) is 24.7 Å². The molecule has 4 rings (SSSR count). The molecule has 3 heterocycles. The van der Waals surface area contributed by atoms with E-state index < -0.39 is 5.82 Å². The first-order valence-corrected chi connectivity index (χ1v) is 12.3. The summed E-state index contributed by atoms with van der Waals surface area (Å²) in [5.74, 6) is -0.113. The quantitative estimate of drug-likeness (QED) is 0.695. The second kappa shape index (κ2) is 9.72. The number of nitrogens with one attached hydrogen (secondary N) is 1. The fourth-order valence-corrected chi connectivity index (χ4v) is 4.94. The van der Waals surface area contributed by atoms with Crippen molar-refractivity contribution in [3.8, 4) is 11.4 Å². The van der Waals surface area contributed by atoms with E-state index in [-0.39, 0.29) is 17.4 Å². The van der Waals surface area contributed by atoms with Gasteiger partial charge in [0.25, 0.3) is 5.91 Å². The van der Waals surface area contributed by atoms with Gasteiger partial charge in [0.05, 0.1) is 11.3 Å². The predicted molar refractivity (Wildman–Crippen MR) is 130 cm³/mol. The largest absolute Gasteiger partial charge is 0.346 e. The van der Waals surface area contributed by atoms with Gasteiger partial charge in [0.15, 0.2) is 5.69 Å². The number of likely N-dealkylation sites (tertiary alicyclic amines) is 1. The Hall–Kier alpha value is -1.96. The molecule has 1 unspecified atom stereocenters. The summed E-state index contributed by atoms with van der Waals surface area (Å²) in [4.78, 5) is 22.9. The number of imidazole rings is 1. The van der Waals surface area contributed by atoms with Crippen molar-refractivity contribution in [1.29, 1.82) is 0 Å². The number of nitrogens with zero attached hydrogens (tertiary/aromatic N) is 4. The van der Waals surface area contributed by atoms with Crippen LogP contribution in [-0.2, 0) is 13.1 Å². The molecule has 33 heavy (non-hydrogen) atoms. The van der Waals surface area contributed by atoms with Crippen LogP contribution in [0.3, 0.4) is 0 Å². The highest BCUT2D eigenvalue weighted by molar-refractivity contribution is 6.30. The van der Waals surface area contributed by atoms with Crippen LogP contribution in [0.25, 0.3) is 11.4 Å². The highest BCUT2D eigenvalue weighted by atomic mass is 35.5. The molecular weight excluding hydrogens is 441 g/mol. The third-order valence-corrected chi connectivity index (χ3v) is 7.02. The molecule has 1 amide bonds. The Morgan fingerprint density at radius 1 is 1.18 bits per heavy atom. The molecular formula is C25H35ClFN5O. The van der Waals surface area contributed by atoms with Crippen LogP contribution < -0.4 is 5.32 Å². The normalized spacial score (nSPS) is 18.7. The lowest BCUT2D eigenvalue weighted by Crippen LogP contribution is -2.50. The molecule has 0 radical (unpaired) electrons. The summed E-state index contributed by atoms with van der Waals surface area (Å²) in [6.45, 7) is 11.6. The van der Waals surface area contributed by atoms with Crippen LogP contribution in [0.1, 0.15) is 56.2 Å². The Morgan fingerprint density at radius 3 is 2.61 bits per heavy atom. The van der Waals surface area contributed by atoms with Crippen LogP contribution in [0.4, 0.5) is 4.39 Å². The van der Waals surface area contributed by atoms with Crippen LogP contribution >= 0.6 is 11.6 Å². The van der Waals surface area contributed by atoms with Gasteiger partial charge in [-0.2, -0.15) is 0 Å². The Bertz CT molecular complexity index is 1010. The summed E-state index contributed by atoms with van der Waals surface area (Å²) in [7, 11) is 2.04. The van der Waals surface area contributed by atoms with E-state index in [9.17, 15) is 9.18 Å². The van der Waals surface area contributed by atoms with Crippen LogP contribution in [0, 0.1) is 11.2 Å². The van der Waals surface area contributed by atoms with Gasteiger partial charge in [0, 0.05) is 30.7 Å². The third-order valence-electron chi connectivity index (χ3n) is 6.79. The first-order valence-electron chi connectivity index (χ1n) is 11.9. The lowest BCUT2D eigenvalue weighted by atomic mass is 9.86. The topological polar surface area (TPSA) is 53.4 Å². The molecule has 2 aromatic rings. The molecule has 1 atom stereocenters. The van der Waals surface area contributed by atoms with Gasteiger partial charge in [-0.25, -0.2) is 9.37 Å². The maximum absolute atomic E-state index is 14.8. The number of amides is 1. The minimum Gasteiger partial charge on any atom is -0.346 e. The summed E-state index contributed by atoms with van der Waals surface area (Å²) >= 11 is 6.18. The minimum atomic E-state index is -0.390. The van der Waals surface area contributed by atoms with Gasteiger partial charge < -0.3 is 19.7 Å². The van der Waals surface area contributed by atoms with E-state index in [4.69, 9.17) is 16.6 Å². The van der Waals surface area contributed by atoms with Gasteiger partial charge in [0.1, 0.15) is 11.6 Å². The van der Waals surface area contributed by atoms with Crippen molar-refractivity contribution in [2.24, 2.45) is 5.41 Å². The number of carbonyl (C=O) groups is 1. The van der Waals surface area contributed by atoms with Crippen molar-refractivity contribution >= 4 is 17.5 Å². The van der Waals surface area contributed by atoms with E-state index in [0.29, 0.717) is 35.2 Å². The Kier molecular flexibility index (Phi) is 7.12. The number of hydrogen-bond donors (Lipinski definition) is 1. The average molecular weight is 476 g/mol. The zero-order valence-corrected chi connectivity index (χ0v) is 20.9. The SMILES string of the molecule is CN1CCCn2c(-c3cc(Cl)ccc3F)nc(C(=O)NC(CN3CCCC3)C(C)(C)C)c2C1. The smallest absolute Gasteiger partial charge is 0.272 e. The number of carbonyl (C=O) groups excluding carboxylic acids is 1. The average Bonchev–Trinajstić information content (AvgIpc) is 3.33. The van der Waals surface area contributed by atoms with Crippen molar-refractivity contribution in [2.75, 3.05) is 33.2 Å².